The fraction of sp³-hybridized carbons (Fsp3) is 0.783. The normalized spacial score (nSPS) is 13.3. The number of unbranched alkanes of at least 4 members (excludes halogenated alkanes) is 10. The van der Waals surface area contributed by atoms with E-state index >= 15 is 0 Å². The van der Waals surface area contributed by atoms with Crippen molar-refractivity contribution in [3.05, 3.63) is 24.3 Å². The minimum absolute atomic E-state index is 0.282. The van der Waals surface area contributed by atoms with Crippen LogP contribution in [0.2, 0.25) is 0 Å². The number of rotatable bonds is 21. The number of hydrogen-bond acceptors (Lipinski definition) is 5. The van der Waals surface area contributed by atoms with E-state index in [0.29, 0.717) is 0 Å². The molecule has 182 valence electrons. The number of aliphatic hydroxyl groups is 1. The molecular weight excluding hydrogens is 419 g/mol. The van der Waals surface area contributed by atoms with Gasteiger partial charge in [0.05, 0.1) is 6.61 Å². The summed E-state index contributed by atoms with van der Waals surface area (Å²) in [6, 6.07) is 0. The van der Waals surface area contributed by atoms with E-state index in [4.69, 9.17) is 14.5 Å². The van der Waals surface area contributed by atoms with Crippen LogP contribution in [0.1, 0.15) is 96.8 Å². The lowest BCUT2D eigenvalue weighted by atomic mass is 10.1. The third-order valence-corrected chi connectivity index (χ3v) is 5.19. The molecule has 0 unspecified atom stereocenters. The number of aliphatic hydroxyl groups excluding tert-OH is 1. The summed E-state index contributed by atoms with van der Waals surface area (Å²) in [4.78, 5) is 28.6. The second-order valence-corrected chi connectivity index (χ2v) is 9.05. The Morgan fingerprint density at radius 1 is 0.839 bits per heavy atom. The summed E-state index contributed by atoms with van der Waals surface area (Å²) in [7, 11) is -4.62. The first-order valence-electron chi connectivity index (χ1n) is 11.7. The molecule has 0 aliphatic carbocycles. The Hall–Kier alpha value is -0.980. The van der Waals surface area contributed by atoms with Crippen molar-refractivity contribution in [2.24, 2.45) is 0 Å². The molecule has 0 saturated heterocycles. The van der Waals surface area contributed by atoms with Gasteiger partial charge in [0.2, 0.25) is 0 Å². The standard InChI is InChI=1S/C23H43O7P/c1-2-3-4-5-6-7-8-9-10-11-12-13-14-15-16-17-18-19-23(25)29-20-22(24)21-30-31(26,27)28/h6-7,9-10,22,24H,2-5,8,11-21H2,1H3,(H2,26,27,28)/b7-6+,10-9-/t22-/m1/s1. The molecule has 0 aromatic carbocycles. The number of phosphoric acid groups is 1. The van der Waals surface area contributed by atoms with Gasteiger partial charge in [0.15, 0.2) is 0 Å². The molecule has 0 aromatic rings. The number of esters is 1. The van der Waals surface area contributed by atoms with Gasteiger partial charge in [-0.3, -0.25) is 9.32 Å². The minimum Gasteiger partial charge on any atom is -0.463 e. The Morgan fingerprint density at radius 2 is 1.39 bits per heavy atom. The Kier molecular flexibility index (Phi) is 20.2. The molecular formula is C23H43O7P. The molecule has 0 spiro atoms. The maximum atomic E-state index is 11.6. The predicted molar refractivity (Wildman–Crippen MR) is 124 cm³/mol. The van der Waals surface area contributed by atoms with E-state index in [1.54, 1.807) is 0 Å². The molecule has 1 atom stereocenters. The van der Waals surface area contributed by atoms with Crippen LogP contribution in [0.15, 0.2) is 24.3 Å². The highest BCUT2D eigenvalue weighted by Crippen LogP contribution is 2.35. The van der Waals surface area contributed by atoms with Crippen LogP contribution in [0.4, 0.5) is 0 Å². The quantitative estimate of drug-likeness (QED) is 0.0881. The molecule has 0 aromatic heterocycles. The van der Waals surface area contributed by atoms with Crippen LogP contribution < -0.4 is 0 Å². The molecule has 31 heavy (non-hydrogen) atoms. The summed E-state index contributed by atoms with van der Waals surface area (Å²) in [6.07, 6.45) is 23.0. The van der Waals surface area contributed by atoms with Crippen molar-refractivity contribution in [1.29, 1.82) is 0 Å². The second kappa shape index (κ2) is 20.9. The average Bonchev–Trinajstić information content (AvgIpc) is 2.72. The van der Waals surface area contributed by atoms with Crippen LogP contribution in [-0.4, -0.2) is 40.2 Å². The van der Waals surface area contributed by atoms with Crippen LogP contribution in [0.5, 0.6) is 0 Å². The van der Waals surface area contributed by atoms with Gasteiger partial charge in [0, 0.05) is 6.42 Å². The summed E-state index contributed by atoms with van der Waals surface area (Å²) in [5, 5.41) is 9.43. The van der Waals surface area contributed by atoms with Gasteiger partial charge in [-0.1, -0.05) is 76.2 Å². The molecule has 0 heterocycles. The fourth-order valence-corrected chi connectivity index (χ4v) is 3.29. The third-order valence-electron chi connectivity index (χ3n) is 4.70. The van der Waals surface area contributed by atoms with Crippen molar-refractivity contribution >= 4 is 13.8 Å². The van der Waals surface area contributed by atoms with Gasteiger partial charge in [0.25, 0.3) is 0 Å². The lowest BCUT2D eigenvalue weighted by molar-refractivity contribution is -0.147. The number of ether oxygens (including phenoxy) is 1. The molecule has 0 aliphatic heterocycles. The maximum Gasteiger partial charge on any atom is 0.469 e. The van der Waals surface area contributed by atoms with E-state index in [9.17, 15) is 14.5 Å². The minimum atomic E-state index is -4.62. The molecule has 8 heteroatoms. The first kappa shape index (κ1) is 30.0. The Balaban J connectivity index is 3.39. The zero-order chi connectivity index (χ0) is 23.2. The molecule has 0 aliphatic rings. The summed E-state index contributed by atoms with van der Waals surface area (Å²) in [6.45, 7) is 1.31. The van der Waals surface area contributed by atoms with Crippen LogP contribution in [0, 0.1) is 0 Å². The van der Waals surface area contributed by atoms with Crippen molar-refractivity contribution in [1.82, 2.24) is 0 Å². The molecule has 0 radical (unpaired) electrons. The van der Waals surface area contributed by atoms with Gasteiger partial charge in [0.1, 0.15) is 12.7 Å². The Morgan fingerprint density at radius 3 is 1.97 bits per heavy atom. The summed E-state index contributed by atoms with van der Waals surface area (Å²) < 4.78 is 19.5. The third kappa shape index (κ3) is 25.2. The zero-order valence-corrected chi connectivity index (χ0v) is 20.0. The van der Waals surface area contributed by atoms with Crippen LogP contribution in [0.25, 0.3) is 0 Å². The smallest absolute Gasteiger partial charge is 0.463 e. The van der Waals surface area contributed by atoms with Gasteiger partial charge >= 0.3 is 13.8 Å². The fourth-order valence-electron chi connectivity index (χ4n) is 2.93. The number of phosphoric ester groups is 1. The molecule has 0 amide bonds. The molecule has 7 nitrogen and oxygen atoms in total. The topological polar surface area (TPSA) is 113 Å². The van der Waals surface area contributed by atoms with Crippen LogP contribution in [-0.2, 0) is 18.6 Å². The van der Waals surface area contributed by atoms with Crippen molar-refractivity contribution in [3.8, 4) is 0 Å². The summed E-state index contributed by atoms with van der Waals surface area (Å²) >= 11 is 0. The molecule has 0 bridgehead atoms. The van der Waals surface area contributed by atoms with E-state index < -0.39 is 26.5 Å². The highest BCUT2D eigenvalue weighted by Gasteiger charge is 2.17. The van der Waals surface area contributed by atoms with Crippen molar-refractivity contribution in [2.45, 2.75) is 103 Å². The Labute approximate surface area is 188 Å². The lowest BCUT2D eigenvalue weighted by Crippen LogP contribution is -2.23. The number of carbonyl (C=O) groups is 1. The molecule has 3 N–H and O–H groups in total. The van der Waals surface area contributed by atoms with Gasteiger partial charge in [-0.05, 0) is 38.5 Å². The second-order valence-electron chi connectivity index (χ2n) is 7.81. The van der Waals surface area contributed by atoms with Gasteiger partial charge in [-0.25, -0.2) is 4.57 Å². The van der Waals surface area contributed by atoms with E-state index in [0.717, 1.165) is 38.5 Å². The van der Waals surface area contributed by atoms with E-state index in [2.05, 4.69) is 35.8 Å². The Bertz CT molecular complexity index is 528. The van der Waals surface area contributed by atoms with Crippen molar-refractivity contribution in [3.63, 3.8) is 0 Å². The van der Waals surface area contributed by atoms with Crippen molar-refractivity contribution in [2.75, 3.05) is 13.2 Å². The SMILES string of the molecule is CCCCC/C=C/C/C=C\CCCCCCCCCC(=O)OC[C@@H](O)COP(=O)(O)O. The largest absolute Gasteiger partial charge is 0.469 e. The summed E-state index contributed by atoms with van der Waals surface area (Å²) in [5.74, 6) is -0.419. The van der Waals surface area contributed by atoms with E-state index in [-0.39, 0.29) is 13.0 Å². The highest BCUT2D eigenvalue weighted by molar-refractivity contribution is 7.46. The molecule has 0 rings (SSSR count). The number of carbonyl (C=O) groups excluding carboxylic acids is 1. The zero-order valence-electron chi connectivity index (χ0n) is 19.1. The average molecular weight is 463 g/mol. The number of hydrogen-bond donors (Lipinski definition) is 3. The first-order chi connectivity index (χ1) is 14.8. The van der Waals surface area contributed by atoms with Gasteiger partial charge in [-0.2, -0.15) is 0 Å². The maximum absolute atomic E-state index is 11.6. The van der Waals surface area contributed by atoms with Crippen molar-refractivity contribution < 1.29 is 33.5 Å². The lowest BCUT2D eigenvalue weighted by Gasteiger charge is -2.12. The first-order valence-corrected chi connectivity index (χ1v) is 13.2. The summed E-state index contributed by atoms with van der Waals surface area (Å²) in [5.41, 5.74) is 0. The van der Waals surface area contributed by atoms with E-state index in [1.165, 1.54) is 44.9 Å². The number of allylic oxidation sites excluding steroid dienone is 4. The van der Waals surface area contributed by atoms with E-state index in [1.807, 2.05) is 0 Å². The highest BCUT2D eigenvalue weighted by atomic mass is 31.2. The predicted octanol–water partition coefficient (Wildman–Crippen LogP) is 5.59. The monoisotopic (exact) mass is 462 g/mol. The van der Waals surface area contributed by atoms with Crippen LogP contribution >= 0.6 is 7.82 Å². The van der Waals surface area contributed by atoms with Gasteiger partial charge < -0.3 is 19.6 Å². The van der Waals surface area contributed by atoms with Gasteiger partial charge in [-0.15, -0.1) is 0 Å². The van der Waals surface area contributed by atoms with Crippen LogP contribution in [0.3, 0.4) is 0 Å². The molecule has 0 saturated carbocycles. The molecule has 0 fully saturated rings.